The molecule has 0 bridgehead atoms. The first-order valence-electron chi connectivity index (χ1n) is 7.10. The van der Waals surface area contributed by atoms with Crippen LogP contribution in [0.15, 0.2) is 35.0 Å². The maximum absolute atomic E-state index is 14.1. The highest BCUT2D eigenvalue weighted by molar-refractivity contribution is 7.08. The van der Waals surface area contributed by atoms with Crippen molar-refractivity contribution in [2.75, 3.05) is 33.3 Å². The van der Waals surface area contributed by atoms with Gasteiger partial charge in [0, 0.05) is 26.2 Å². The summed E-state index contributed by atoms with van der Waals surface area (Å²) in [6.07, 6.45) is 0. The van der Waals surface area contributed by atoms with Crippen molar-refractivity contribution in [3.8, 4) is 5.75 Å². The summed E-state index contributed by atoms with van der Waals surface area (Å²) in [5.74, 6) is -0.00602. The standard InChI is InChI=1S/C16H19FN2OS.ClH/c1-20-15-3-2-12(10-14(15)17)16(13-4-9-21-11-13)19-7-5-18-6-8-19;/h2-4,9-11,16,18H,5-8H2,1H3;1H/t16-;/m0./s1. The van der Waals surface area contributed by atoms with Gasteiger partial charge in [0.15, 0.2) is 11.6 Å². The Labute approximate surface area is 140 Å². The summed E-state index contributed by atoms with van der Waals surface area (Å²) in [5, 5.41) is 7.58. The zero-order valence-corrected chi connectivity index (χ0v) is 14.1. The third-order valence-corrected chi connectivity index (χ3v) is 4.57. The topological polar surface area (TPSA) is 24.5 Å². The molecule has 1 aromatic carbocycles. The number of rotatable bonds is 4. The summed E-state index contributed by atoms with van der Waals surface area (Å²) in [6.45, 7) is 3.88. The lowest BCUT2D eigenvalue weighted by Crippen LogP contribution is -2.45. The lowest BCUT2D eigenvalue weighted by atomic mass is 9.98. The van der Waals surface area contributed by atoms with E-state index in [4.69, 9.17) is 4.74 Å². The Morgan fingerprint density at radius 1 is 1.23 bits per heavy atom. The van der Waals surface area contributed by atoms with Crippen molar-refractivity contribution < 1.29 is 9.13 Å². The highest BCUT2D eigenvalue weighted by Crippen LogP contribution is 2.32. The van der Waals surface area contributed by atoms with E-state index in [0.29, 0.717) is 5.75 Å². The minimum absolute atomic E-state index is 0. The monoisotopic (exact) mass is 342 g/mol. The van der Waals surface area contributed by atoms with E-state index in [1.807, 2.05) is 6.07 Å². The molecular formula is C16H20ClFN2OS. The lowest BCUT2D eigenvalue weighted by molar-refractivity contribution is 0.198. The maximum Gasteiger partial charge on any atom is 0.165 e. The van der Waals surface area contributed by atoms with Crippen LogP contribution in [-0.2, 0) is 0 Å². The number of methoxy groups -OCH3 is 1. The van der Waals surface area contributed by atoms with Crippen molar-refractivity contribution >= 4 is 23.7 Å². The van der Waals surface area contributed by atoms with Crippen LogP contribution >= 0.6 is 23.7 Å². The zero-order valence-electron chi connectivity index (χ0n) is 12.4. The SMILES string of the molecule is COc1ccc([C@@H](c2ccsc2)N2CCNCC2)cc1F.Cl. The number of benzene rings is 1. The van der Waals surface area contributed by atoms with Crippen LogP contribution in [0.5, 0.6) is 5.75 Å². The minimum atomic E-state index is -0.301. The van der Waals surface area contributed by atoms with Crippen LogP contribution in [0.3, 0.4) is 0 Å². The van der Waals surface area contributed by atoms with E-state index in [0.717, 1.165) is 31.7 Å². The number of halogens is 2. The fourth-order valence-corrected chi connectivity index (χ4v) is 3.52. The quantitative estimate of drug-likeness (QED) is 0.922. The summed E-state index contributed by atoms with van der Waals surface area (Å²) in [4.78, 5) is 2.40. The summed E-state index contributed by atoms with van der Waals surface area (Å²) < 4.78 is 19.1. The van der Waals surface area contributed by atoms with Gasteiger partial charge in [0.1, 0.15) is 0 Å². The number of nitrogens with zero attached hydrogens (tertiary/aromatic N) is 1. The molecule has 1 aromatic heterocycles. The molecule has 0 saturated carbocycles. The Kier molecular flexibility index (Phi) is 6.20. The summed E-state index contributed by atoms with van der Waals surface area (Å²) in [7, 11) is 1.49. The van der Waals surface area contributed by atoms with Crippen LogP contribution in [0.1, 0.15) is 17.2 Å². The van der Waals surface area contributed by atoms with Crippen LogP contribution in [0.25, 0.3) is 0 Å². The number of thiophene rings is 1. The van der Waals surface area contributed by atoms with E-state index in [1.165, 1.54) is 12.7 Å². The summed E-state index contributed by atoms with van der Waals surface area (Å²) in [5.41, 5.74) is 2.21. The van der Waals surface area contributed by atoms with E-state index in [9.17, 15) is 4.39 Å². The molecule has 1 aliphatic heterocycles. The molecule has 0 unspecified atom stereocenters. The third-order valence-electron chi connectivity index (χ3n) is 3.87. The smallest absolute Gasteiger partial charge is 0.165 e. The molecule has 22 heavy (non-hydrogen) atoms. The number of hydrogen-bond acceptors (Lipinski definition) is 4. The second-order valence-corrected chi connectivity index (χ2v) is 5.92. The van der Waals surface area contributed by atoms with Crippen LogP contribution in [0.2, 0.25) is 0 Å². The molecule has 1 fully saturated rings. The molecule has 1 atom stereocenters. The molecule has 1 saturated heterocycles. The Hall–Kier alpha value is -1.14. The molecule has 1 N–H and O–H groups in total. The highest BCUT2D eigenvalue weighted by Gasteiger charge is 2.25. The van der Waals surface area contributed by atoms with Gasteiger partial charge in [-0.3, -0.25) is 4.90 Å². The molecule has 120 valence electrons. The number of piperazine rings is 1. The van der Waals surface area contributed by atoms with E-state index >= 15 is 0 Å². The van der Waals surface area contributed by atoms with Gasteiger partial charge < -0.3 is 10.1 Å². The number of nitrogens with one attached hydrogen (secondary N) is 1. The Bertz CT molecular complexity index is 588. The Morgan fingerprint density at radius 3 is 2.59 bits per heavy atom. The van der Waals surface area contributed by atoms with Gasteiger partial charge in [0.2, 0.25) is 0 Å². The lowest BCUT2D eigenvalue weighted by Gasteiger charge is -2.35. The number of hydrogen-bond donors (Lipinski definition) is 1. The van der Waals surface area contributed by atoms with E-state index in [2.05, 4.69) is 27.0 Å². The molecule has 0 amide bonds. The van der Waals surface area contributed by atoms with E-state index in [1.54, 1.807) is 23.5 Å². The predicted molar refractivity (Wildman–Crippen MR) is 90.8 cm³/mol. The van der Waals surface area contributed by atoms with Gasteiger partial charge in [-0.25, -0.2) is 4.39 Å². The van der Waals surface area contributed by atoms with Gasteiger partial charge >= 0.3 is 0 Å². The fraction of sp³-hybridized carbons (Fsp3) is 0.375. The van der Waals surface area contributed by atoms with Crippen molar-refractivity contribution in [3.05, 3.63) is 52.0 Å². The molecule has 3 rings (SSSR count). The second kappa shape index (κ2) is 7.92. The molecule has 0 radical (unpaired) electrons. The van der Waals surface area contributed by atoms with Crippen molar-refractivity contribution in [1.29, 1.82) is 0 Å². The Morgan fingerprint density at radius 2 is 2.00 bits per heavy atom. The molecule has 3 nitrogen and oxygen atoms in total. The molecule has 6 heteroatoms. The van der Waals surface area contributed by atoms with Crippen LogP contribution < -0.4 is 10.1 Å². The van der Waals surface area contributed by atoms with Gasteiger partial charge in [0.05, 0.1) is 13.2 Å². The molecule has 2 heterocycles. The second-order valence-electron chi connectivity index (χ2n) is 5.14. The average Bonchev–Trinajstić information content (AvgIpc) is 3.03. The van der Waals surface area contributed by atoms with E-state index in [-0.39, 0.29) is 24.3 Å². The maximum atomic E-state index is 14.1. The fourth-order valence-electron chi connectivity index (χ4n) is 2.84. The van der Waals surface area contributed by atoms with Crippen LogP contribution in [0, 0.1) is 5.82 Å². The van der Waals surface area contributed by atoms with Crippen molar-refractivity contribution in [3.63, 3.8) is 0 Å². The first-order valence-corrected chi connectivity index (χ1v) is 8.04. The van der Waals surface area contributed by atoms with Gasteiger partial charge in [0.25, 0.3) is 0 Å². The van der Waals surface area contributed by atoms with Gasteiger partial charge in [-0.2, -0.15) is 11.3 Å². The van der Waals surface area contributed by atoms with Crippen molar-refractivity contribution in [2.45, 2.75) is 6.04 Å². The Balaban J connectivity index is 0.00000176. The molecule has 0 spiro atoms. The van der Waals surface area contributed by atoms with Gasteiger partial charge in [-0.05, 0) is 40.1 Å². The summed E-state index contributed by atoms with van der Waals surface area (Å²) in [6, 6.07) is 7.51. The van der Waals surface area contributed by atoms with Gasteiger partial charge in [-0.15, -0.1) is 12.4 Å². The van der Waals surface area contributed by atoms with Gasteiger partial charge in [-0.1, -0.05) is 6.07 Å². The first-order chi connectivity index (χ1) is 10.3. The normalized spacial score (nSPS) is 16.8. The average molecular weight is 343 g/mol. The molecular weight excluding hydrogens is 323 g/mol. The van der Waals surface area contributed by atoms with Crippen molar-refractivity contribution in [2.24, 2.45) is 0 Å². The zero-order chi connectivity index (χ0) is 14.7. The van der Waals surface area contributed by atoms with E-state index < -0.39 is 0 Å². The number of ether oxygens (including phenoxy) is 1. The largest absolute Gasteiger partial charge is 0.494 e. The predicted octanol–water partition coefficient (Wildman–Crippen LogP) is 3.31. The van der Waals surface area contributed by atoms with Crippen molar-refractivity contribution in [1.82, 2.24) is 10.2 Å². The molecule has 0 aliphatic carbocycles. The van der Waals surface area contributed by atoms with Crippen LogP contribution in [0.4, 0.5) is 4.39 Å². The molecule has 2 aromatic rings. The minimum Gasteiger partial charge on any atom is -0.494 e. The molecule has 1 aliphatic rings. The third kappa shape index (κ3) is 3.60. The first kappa shape index (κ1) is 17.2. The highest BCUT2D eigenvalue weighted by atomic mass is 35.5. The van der Waals surface area contributed by atoms with Crippen LogP contribution in [-0.4, -0.2) is 38.2 Å². The summed E-state index contributed by atoms with van der Waals surface area (Å²) >= 11 is 1.68.